The van der Waals surface area contributed by atoms with Crippen LogP contribution in [0.3, 0.4) is 0 Å². The summed E-state index contributed by atoms with van der Waals surface area (Å²) < 4.78 is 29.4. The lowest BCUT2D eigenvalue weighted by molar-refractivity contribution is 0.0920. The van der Waals surface area contributed by atoms with Gasteiger partial charge in [0, 0.05) is 37.1 Å². The van der Waals surface area contributed by atoms with E-state index in [1.807, 2.05) is 103 Å². The van der Waals surface area contributed by atoms with Crippen molar-refractivity contribution in [2.45, 2.75) is 56.1 Å². The van der Waals surface area contributed by atoms with Gasteiger partial charge in [0.15, 0.2) is 0 Å². The third kappa shape index (κ3) is 7.77. The topological polar surface area (TPSA) is 91.4 Å². The second-order valence-electron chi connectivity index (χ2n) is 11.7. The van der Waals surface area contributed by atoms with Gasteiger partial charge in [-0.2, -0.15) is 4.31 Å². The predicted molar refractivity (Wildman–Crippen MR) is 182 cm³/mol. The van der Waals surface area contributed by atoms with E-state index < -0.39 is 10.0 Å². The number of rotatable bonds is 11. The van der Waals surface area contributed by atoms with Gasteiger partial charge in [-0.1, -0.05) is 104 Å². The van der Waals surface area contributed by atoms with Crippen molar-refractivity contribution >= 4 is 15.9 Å². The summed E-state index contributed by atoms with van der Waals surface area (Å²) in [6.45, 7) is 0.391. The molecule has 1 aliphatic rings. The summed E-state index contributed by atoms with van der Waals surface area (Å²) in [5.74, 6) is -0.142. The Morgan fingerprint density at radius 1 is 0.674 bits per heavy atom. The van der Waals surface area contributed by atoms with Gasteiger partial charge in [-0.15, -0.1) is 0 Å². The first-order valence-electron chi connectivity index (χ1n) is 15.8. The molecular weight excluding hydrogens is 593 g/mol. The van der Waals surface area contributed by atoms with Gasteiger partial charge in [0.05, 0.1) is 4.90 Å². The Labute approximate surface area is 271 Å². The second-order valence-corrected chi connectivity index (χ2v) is 13.7. The fourth-order valence-corrected chi connectivity index (χ4v) is 7.24. The fraction of sp³-hybridized carbons (Fsp3) is 0.211. The number of hydrazine groups is 1. The number of pyridine rings is 1. The number of sulfonamides is 1. The van der Waals surface area contributed by atoms with Crippen molar-refractivity contribution in [3.05, 3.63) is 144 Å². The minimum absolute atomic E-state index is 0.142. The second kappa shape index (κ2) is 14.6. The molecule has 6 rings (SSSR count). The van der Waals surface area contributed by atoms with Crippen LogP contribution in [0.2, 0.25) is 0 Å². The molecule has 1 aromatic heterocycles. The van der Waals surface area contributed by atoms with E-state index in [4.69, 9.17) is 0 Å². The molecule has 0 unspecified atom stereocenters. The molecule has 8 heteroatoms. The molecule has 5 aromatic rings. The molecule has 0 saturated heterocycles. The van der Waals surface area contributed by atoms with Crippen molar-refractivity contribution in [1.82, 2.24) is 20.1 Å². The summed E-state index contributed by atoms with van der Waals surface area (Å²) in [4.78, 5) is 17.1. The quantitative estimate of drug-likeness (QED) is 0.149. The van der Waals surface area contributed by atoms with Gasteiger partial charge in [0.2, 0.25) is 10.0 Å². The number of hydrogen-bond acceptors (Lipinski definition) is 5. The molecule has 1 heterocycles. The summed E-state index contributed by atoms with van der Waals surface area (Å²) in [7, 11) is -3.82. The van der Waals surface area contributed by atoms with Gasteiger partial charge in [-0.05, 0) is 76.6 Å². The highest BCUT2D eigenvalue weighted by Gasteiger charge is 2.25. The highest BCUT2D eigenvalue weighted by atomic mass is 32.2. The molecule has 1 saturated carbocycles. The van der Waals surface area contributed by atoms with E-state index in [-0.39, 0.29) is 23.9 Å². The van der Waals surface area contributed by atoms with E-state index in [1.165, 1.54) is 23.6 Å². The zero-order chi connectivity index (χ0) is 31.8. The van der Waals surface area contributed by atoms with Crippen LogP contribution in [-0.2, 0) is 23.1 Å². The Hall–Kier alpha value is -4.63. The van der Waals surface area contributed by atoms with Crippen LogP contribution in [0, 0.1) is 0 Å². The van der Waals surface area contributed by atoms with E-state index >= 15 is 0 Å². The summed E-state index contributed by atoms with van der Waals surface area (Å²) >= 11 is 0. The highest BCUT2D eigenvalue weighted by molar-refractivity contribution is 7.89. The molecular formula is C38H38N4O3S. The monoisotopic (exact) mass is 630 g/mol. The minimum atomic E-state index is -3.82. The Kier molecular flexibility index (Phi) is 9.98. The normalized spacial score (nSPS) is 13.8. The van der Waals surface area contributed by atoms with Gasteiger partial charge in [0.1, 0.15) is 0 Å². The van der Waals surface area contributed by atoms with Gasteiger partial charge in [-0.3, -0.25) is 15.2 Å². The van der Waals surface area contributed by atoms with Gasteiger partial charge in [-0.25, -0.2) is 13.8 Å². The first-order valence-corrected chi connectivity index (χ1v) is 17.2. The van der Waals surface area contributed by atoms with Crippen LogP contribution in [-0.4, -0.2) is 29.7 Å². The molecule has 234 valence electrons. The number of carbonyl (C=O) groups is 1. The van der Waals surface area contributed by atoms with Crippen LogP contribution < -0.4 is 10.9 Å². The Balaban J connectivity index is 1.16. The zero-order valence-electron chi connectivity index (χ0n) is 25.7. The van der Waals surface area contributed by atoms with E-state index in [0.717, 1.165) is 46.2 Å². The lowest BCUT2D eigenvalue weighted by Gasteiger charge is -2.23. The lowest BCUT2D eigenvalue weighted by Crippen LogP contribution is -2.45. The van der Waals surface area contributed by atoms with Crippen molar-refractivity contribution in [3.63, 3.8) is 0 Å². The van der Waals surface area contributed by atoms with E-state index in [2.05, 4.69) is 15.8 Å². The molecule has 0 radical (unpaired) electrons. The summed E-state index contributed by atoms with van der Waals surface area (Å²) in [6.07, 6.45) is 9.21. The van der Waals surface area contributed by atoms with Gasteiger partial charge in [0.25, 0.3) is 5.91 Å². The molecule has 2 N–H and O–H groups in total. The molecule has 4 aromatic carbocycles. The third-order valence-electron chi connectivity index (χ3n) is 8.47. The summed E-state index contributed by atoms with van der Waals surface area (Å²) in [5.41, 5.74) is 12.2. The summed E-state index contributed by atoms with van der Waals surface area (Å²) in [6, 6.07) is 36.4. The largest absolute Gasteiger partial charge is 0.287 e. The van der Waals surface area contributed by atoms with Crippen LogP contribution in [0.15, 0.2) is 133 Å². The molecule has 0 aliphatic heterocycles. The summed E-state index contributed by atoms with van der Waals surface area (Å²) in [5, 5.41) is 0. The van der Waals surface area contributed by atoms with Crippen molar-refractivity contribution in [2.75, 3.05) is 0 Å². The number of nitrogens with one attached hydrogen (secondary N) is 2. The standard InChI is InChI=1S/C38H38N4O3S/c43-38(41-40-36-11-5-2-6-12-36)35-19-17-33(18-20-35)32-15-13-29(14-16-32)27-42(28-30-8-7-25-39-26-30)46(44,45)37-23-21-34(22-24-37)31-9-3-1-4-10-31/h1,3-4,7-10,13-26,36,40H,2,5-6,11-12,27-28H2,(H,41,43). The lowest BCUT2D eigenvalue weighted by atomic mass is 9.96. The Morgan fingerprint density at radius 2 is 1.26 bits per heavy atom. The average Bonchev–Trinajstić information content (AvgIpc) is 3.12. The number of nitrogens with zero attached hydrogens (tertiary/aromatic N) is 2. The van der Waals surface area contributed by atoms with Crippen molar-refractivity contribution in [3.8, 4) is 22.3 Å². The Bertz CT molecular complexity index is 1820. The average molecular weight is 631 g/mol. The van der Waals surface area contributed by atoms with Gasteiger partial charge < -0.3 is 0 Å². The van der Waals surface area contributed by atoms with Crippen LogP contribution in [0.5, 0.6) is 0 Å². The fourth-order valence-electron chi connectivity index (χ4n) is 5.83. The molecule has 1 fully saturated rings. The first-order chi connectivity index (χ1) is 22.5. The van der Waals surface area contributed by atoms with Crippen molar-refractivity contribution in [1.29, 1.82) is 0 Å². The number of carbonyl (C=O) groups excluding carboxylic acids is 1. The maximum Gasteiger partial charge on any atom is 0.265 e. The number of hydrogen-bond donors (Lipinski definition) is 2. The molecule has 1 amide bonds. The van der Waals surface area contributed by atoms with Crippen LogP contribution in [0.1, 0.15) is 53.6 Å². The highest BCUT2D eigenvalue weighted by Crippen LogP contribution is 2.27. The third-order valence-corrected chi connectivity index (χ3v) is 10.3. The van der Waals surface area contributed by atoms with Crippen LogP contribution in [0.4, 0.5) is 0 Å². The molecule has 0 bridgehead atoms. The maximum absolute atomic E-state index is 14.0. The number of benzene rings is 4. The maximum atomic E-state index is 14.0. The van der Waals surface area contributed by atoms with Crippen molar-refractivity contribution in [2.24, 2.45) is 0 Å². The molecule has 0 spiro atoms. The van der Waals surface area contributed by atoms with Crippen molar-refractivity contribution < 1.29 is 13.2 Å². The number of aromatic nitrogens is 1. The smallest absolute Gasteiger partial charge is 0.265 e. The van der Waals surface area contributed by atoms with Crippen LogP contribution >= 0.6 is 0 Å². The molecule has 1 aliphatic carbocycles. The molecule has 46 heavy (non-hydrogen) atoms. The van der Waals surface area contributed by atoms with Gasteiger partial charge >= 0.3 is 0 Å². The SMILES string of the molecule is O=C(NNC1CCCCC1)c1ccc(-c2ccc(CN(Cc3cccnc3)S(=O)(=O)c3ccc(-c4ccccc4)cc3)cc2)cc1. The Morgan fingerprint density at radius 3 is 1.89 bits per heavy atom. The van der Waals surface area contributed by atoms with E-state index in [0.29, 0.717) is 11.6 Å². The first kappa shape index (κ1) is 31.4. The zero-order valence-corrected chi connectivity index (χ0v) is 26.5. The van der Waals surface area contributed by atoms with Crippen LogP contribution in [0.25, 0.3) is 22.3 Å². The van der Waals surface area contributed by atoms with E-state index in [9.17, 15) is 13.2 Å². The molecule has 0 atom stereocenters. The minimum Gasteiger partial charge on any atom is -0.287 e. The van der Waals surface area contributed by atoms with E-state index in [1.54, 1.807) is 24.5 Å². The predicted octanol–water partition coefficient (Wildman–Crippen LogP) is 7.37. The number of amides is 1. The molecule has 7 nitrogen and oxygen atoms in total.